The van der Waals surface area contributed by atoms with E-state index in [0.717, 1.165) is 14.9 Å². The van der Waals surface area contributed by atoms with Crippen molar-refractivity contribution in [1.29, 1.82) is 0 Å². The number of hydrogen-bond donors (Lipinski definition) is 2. The molecule has 116 valence electrons. The van der Waals surface area contributed by atoms with Crippen molar-refractivity contribution in [3.8, 4) is 0 Å². The van der Waals surface area contributed by atoms with E-state index in [1.54, 1.807) is 0 Å². The van der Waals surface area contributed by atoms with E-state index in [4.69, 9.17) is 5.11 Å². The van der Waals surface area contributed by atoms with Crippen LogP contribution in [0.4, 0.5) is 0 Å². The summed E-state index contributed by atoms with van der Waals surface area (Å²) in [6.45, 7) is 5.84. The van der Waals surface area contributed by atoms with Crippen LogP contribution in [0.2, 0.25) is 0 Å². The summed E-state index contributed by atoms with van der Waals surface area (Å²) < 4.78 is 1.01. The van der Waals surface area contributed by atoms with Crippen molar-refractivity contribution in [1.82, 2.24) is 5.32 Å². The number of rotatable bonds is 7. The zero-order valence-corrected chi connectivity index (χ0v) is 14.8. The average Bonchev–Trinajstić information content (AvgIpc) is 2.37. The molecule has 0 aliphatic carbocycles. The monoisotopic (exact) mass is 373 g/mol. The average molecular weight is 374 g/mol. The molecule has 1 unspecified atom stereocenters. The summed E-state index contributed by atoms with van der Waals surface area (Å²) in [4.78, 5) is 23.9. The van der Waals surface area contributed by atoms with Gasteiger partial charge in [-0.05, 0) is 36.6 Å². The smallest absolute Gasteiger partial charge is 0.308 e. The van der Waals surface area contributed by atoms with Gasteiger partial charge in [-0.3, -0.25) is 9.59 Å². The predicted octanol–water partition coefficient (Wildman–Crippen LogP) is 3.32. The number of carbonyl (C=O) groups excluding carboxylic acids is 1. The Morgan fingerprint density at radius 2 is 2.05 bits per heavy atom. The van der Waals surface area contributed by atoms with Gasteiger partial charge in [-0.2, -0.15) is 0 Å². The van der Waals surface area contributed by atoms with Gasteiger partial charge in [0.15, 0.2) is 0 Å². The molecule has 0 heterocycles. The first kappa shape index (κ1) is 18.0. The third-order valence-electron chi connectivity index (χ3n) is 3.14. The highest BCUT2D eigenvalue weighted by atomic mass is 79.9. The molecule has 4 nitrogen and oxygen atoms in total. The number of aliphatic carboxylic acids is 1. The third-order valence-corrected chi connectivity index (χ3v) is 4.81. The number of carboxylic acids is 1. The fraction of sp³-hybridized carbons (Fsp3) is 0.467. The molecule has 1 aromatic rings. The lowest BCUT2D eigenvalue weighted by atomic mass is 9.96. The number of benzene rings is 1. The highest BCUT2D eigenvalue weighted by molar-refractivity contribution is 9.10. The first-order valence-electron chi connectivity index (χ1n) is 6.69. The molecule has 0 radical (unpaired) electrons. The van der Waals surface area contributed by atoms with E-state index in [2.05, 4.69) is 21.2 Å². The number of hydrogen-bond acceptors (Lipinski definition) is 3. The van der Waals surface area contributed by atoms with Crippen LogP contribution in [0.1, 0.15) is 19.4 Å². The minimum absolute atomic E-state index is 0.0100. The van der Waals surface area contributed by atoms with Gasteiger partial charge in [0, 0.05) is 15.9 Å². The van der Waals surface area contributed by atoms with Gasteiger partial charge in [-0.25, -0.2) is 0 Å². The van der Waals surface area contributed by atoms with Crippen LogP contribution in [0, 0.1) is 18.8 Å². The molecule has 0 bridgehead atoms. The second-order valence-corrected chi connectivity index (χ2v) is 7.12. The summed E-state index contributed by atoms with van der Waals surface area (Å²) >= 11 is 4.85. The molecule has 1 atom stereocenters. The lowest BCUT2D eigenvalue weighted by Crippen LogP contribution is -2.36. The summed E-state index contributed by atoms with van der Waals surface area (Å²) in [5.74, 6) is -1.29. The second-order valence-electron chi connectivity index (χ2n) is 5.19. The molecular weight excluding hydrogens is 354 g/mol. The highest BCUT2D eigenvalue weighted by Crippen LogP contribution is 2.25. The molecule has 1 rings (SSSR count). The Morgan fingerprint density at radius 3 is 2.57 bits per heavy atom. The molecule has 6 heteroatoms. The zero-order chi connectivity index (χ0) is 16.0. The SMILES string of the molecule is Cc1cc(Br)ccc1SCC(=O)NCC(C(=O)O)C(C)C. The standard InChI is InChI=1S/C15H20BrNO3S/c1-9(2)12(15(19)20)7-17-14(18)8-21-13-5-4-11(16)6-10(13)3/h4-6,9,12H,7-8H2,1-3H3,(H,17,18)(H,19,20). The molecule has 0 aliphatic heterocycles. The summed E-state index contributed by atoms with van der Waals surface area (Å²) in [6, 6.07) is 5.90. The van der Waals surface area contributed by atoms with Crippen LogP contribution < -0.4 is 5.32 Å². The fourth-order valence-electron chi connectivity index (χ4n) is 1.80. The highest BCUT2D eigenvalue weighted by Gasteiger charge is 2.21. The lowest BCUT2D eigenvalue weighted by Gasteiger charge is -2.16. The topological polar surface area (TPSA) is 66.4 Å². The molecule has 0 saturated carbocycles. The molecule has 1 aromatic carbocycles. The van der Waals surface area contributed by atoms with Crippen LogP contribution in [-0.2, 0) is 9.59 Å². The summed E-state index contributed by atoms with van der Waals surface area (Å²) in [5.41, 5.74) is 1.10. The molecule has 0 saturated heterocycles. The number of amides is 1. The second kappa shape index (κ2) is 8.44. The maximum Gasteiger partial charge on any atom is 0.308 e. The van der Waals surface area contributed by atoms with Crippen molar-refractivity contribution in [2.45, 2.75) is 25.7 Å². The minimum Gasteiger partial charge on any atom is -0.481 e. The van der Waals surface area contributed by atoms with Crippen LogP contribution in [0.5, 0.6) is 0 Å². The number of carbonyl (C=O) groups is 2. The first-order valence-corrected chi connectivity index (χ1v) is 8.47. The van der Waals surface area contributed by atoms with Crippen molar-refractivity contribution in [2.24, 2.45) is 11.8 Å². The molecule has 0 aromatic heterocycles. The van der Waals surface area contributed by atoms with E-state index < -0.39 is 11.9 Å². The van der Waals surface area contributed by atoms with E-state index in [9.17, 15) is 9.59 Å². The Hall–Kier alpha value is -1.01. The van der Waals surface area contributed by atoms with Gasteiger partial charge in [-0.1, -0.05) is 29.8 Å². The molecular formula is C15H20BrNO3S. The van der Waals surface area contributed by atoms with E-state index in [-0.39, 0.29) is 24.1 Å². The van der Waals surface area contributed by atoms with E-state index >= 15 is 0 Å². The van der Waals surface area contributed by atoms with Crippen LogP contribution in [0.15, 0.2) is 27.6 Å². The number of nitrogens with one attached hydrogen (secondary N) is 1. The van der Waals surface area contributed by atoms with Gasteiger partial charge >= 0.3 is 5.97 Å². The zero-order valence-electron chi connectivity index (χ0n) is 12.4. The maximum atomic E-state index is 11.8. The summed E-state index contributed by atoms with van der Waals surface area (Å²) in [7, 11) is 0. The number of halogens is 1. The van der Waals surface area contributed by atoms with E-state index in [1.165, 1.54) is 11.8 Å². The lowest BCUT2D eigenvalue weighted by molar-refractivity contribution is -0.143. The Morgan fingerprint density at radius 1 is 1.38 bits per heavy atom. The normalized spacial score (nSPS) is 12.2. The third kappa shape index (κ3) is 6.09. The largest absolute Gasteiger partial charge is 0.481 e. The van der Waals surface area contributed by atoms with E-state index in [0.29, 0.717) is 0 Å². The van der Waals surface area contributed by atoms with Gasteiger partial charge in [0.25, 0.3) is 0 Å². The van der Waals surface area contributed by atoms with Gasteiger partial charge in [-0.15, -0.1) is 11.8 Å². The van der Waals surface area contributed by atoms with E-state index in [1.807, 2.05) is 39.0 Å². The van der Waals surface area contributed by atoms with Crippen molar-refractivity contribution >= 4 is 39.6 Å². The van der Waals surface area contributed by atoms with Crippen LogP contribution in [-0.4, -0.2) is 29.3 Å². The summed E-state index contributed by atoms with van der Waals surface area (Å²) in [5, 5.41) is 11.8. The van der Waals surface area contributed by atoms with Gasteiger partial charge in [0.1, 0.15) is 0 Å². The quantitative estimate of drug-likeness (QED) is 0.719. The fourth-order valence-corrected chi connectivity index (χ4v) is 3.12. The predicted molar refractivity (Wildman–Crippen MR) is 88.6 cm³/mol. The van der Waals surface area contributed by atoms with Crippen molar-refractivity contribution < 1.29 is 14.7 Å². The van der Waals surface area contributed by atoms with Gasteiger partial charge in [0.2, 0.25) is 5.91 Å². The number of carboxylic acid groups (broad SMARTS) is 1. The Bertz CT molecular complexity index is 520. The molecule has 21 heavy (non-hydrogen) atoms. The molecule has 0 spiro atoms. The first-order chi connectivity index (χ1) is 9.81. The molecule has 0 aliphatic rings. The number of aryl methyl sites for hydroxylation is 1. The maximum absolute atomic E-state index is 11.8. The van der Waals surface area contributed by atoms with Crippen LogP contribution >= 0.6 is 27.7 Å². The van der Waals surface area contributed by atoms with Crippen LogP contribution in [0.3, 0.4) is 0 Å². The minimum atomic E-state index is -0.873. The van der Waals surface area contributed by atoms with Crippen molar-refractivity contribution in [3.63, 3.8) is 0 Å². The number of thioether (sulfide) groups is 1. The molecule has 2 N–H and O–H groups in total. The molecule has 0 fully saturated rings. The van der Waals surface area contributed by atoms with Crippen molar-refractivity contribution in [2.75, 3.05) is 12.3 Å². The van der Waals surface area contributed by atoms with Gasteiger partial charge < -0.3 is 10.4 Å². The molecule has 1 amide bonds. The summed E-state index contributed by atoms with van der Waals surface area (Å²) in [6.07, 6.45) is 0. The van der Waals surface area contributed by atoms with Gasteiger partial charge in [0.05, 0.1) is 11.7 Å². The Labute approximate surface area is 137 Å². The van der Waals surface area contributed by atoms with Crippen LogP contribution in [0.25, 0.3) is 0 Å². The van der Waals surface area contributed by atoms with Crippen molar-refractivity contribution in [3.05, 3.63) is 28.2 Å². The Balaban J connectivity index is 2.45. The Kier molecular flexibility index (Phi) is 7.25.